The molecule has 0 atom stereocenters. The number of aromatic nitrogens is 4. The van der Waals surface area contributed by atoms with E-state index in [0.29, 0.717) is 28.3 Å². The number of halogens is 1. The number of nitriles is 1. The van der Waals surface area contributed by atoms with Gasteiger partial charge >= 0.3 is 0 Å². The monoisotopic (exact) mass is 482 g/mol. The van der Waals surface area contributed by atoms with Crippen molar-refractivity contribution in [2.75, 3.05) is 31.2 Å². The second-order valence-electron chi connectivity index (χ2n) is 7.82. The first-order chi connectivity index (χ1) is 16.1. The summed E-state index contributed by atoms with van der Waals surface area (Å²) in [5.41, 5.74) is 3.57. The van der Waals surface area contributed by atoms with Crippen LogP contribution >= 0.6 is 23.5 Å². The molecule has 10 heteroatoms. The zero-order valence-corrected chi connectivity index (χ0v) is 20.3. The average Bonchev–Trinajstić information content (AvgIpc) is 3.31. The normalized spacial score (nSPS) is 14.8. The molecule has 2 aromatic heterocycles. The van der Waals surface area contributed by atoms with Gasteiger partial charge in [0.05, 0.1) is 34.4 Å². The minimum Gasteiger partial charge on any atom is -0.351 e. The summed E-state index contributed by atoms with van der Waals surface area (Å²) in [5.74, 6) is 1.63. The molecular formula is C23H27ClN8S. The first-order valence-electron chi connectivity index (χ1n) is 11.0. The smallest absolute Gasteiger partial charge is 0.223 e. The molecule has 172 valence electrons. The average molecular weight is 483 g/mol. The Kier molecular flexibility index (Phi) is 7.83. The summed E-state index contributed by atoms with van der Waals surface area (Å²) in [6, 6.07) is 8.38. The topological polar surface area (TPSA) is 94.7 Å². The zero-order chi connectivity index (χ0) is 23.2. The van der Waals surface area contributed by atoms with Crippen LogP contribution in [-0.4, -0.2) is 56.0 Å². The maximum atomic E-state index is 9.61. The highest BCUT2D eigenvalue weighted by molar-refractivity contribution is 7.96. The number of nitrogens with one attached hydrogen (secondary N) is 2. The Hall–Kier alpha value is -2.64. The highest BCUT2D eigenvalue weighted by atomic mass is 35.5. The maximum absolute atomic E-state index is 9.61. The van der Waals surface area contributed by atoms with Crippen molar-refractivity contribution in [1.29, 1.82) is 5.26 Å². The van der Waals surface area contributed by atoms with E-state index >= 15 is 0 Å². The Morgan fingerprint density at radius 2 is 2.09 bits per heavy atom. The molecule has 4 rings (SSSR count). The molecule has 0 aliphatic carbocycles. The van der Waals surface area contributed by atoms with Crippen LogP contribution in [0, 0.1) is 11.3 Å². The van der Waals surface area contributed by atoms with E-state index in [9.17, 15) is 5.26 Å². The van der Waals surface area contributed by atoms with Crippen LogP contribution in [0.1, 0.15) is 30.9 Å². The van der Waals surface area contributed by atoms with Crippen LogP contribution in [0.3, 0.4) is 0 Å². The summed E-state index contributed by atoms with van der Waals surface area (Å²) in [7, 11) is 1.90. The standard InChI is InChI=1S/C23H27ClN8S/c1-3-33-31-8-6-19(7-9-31)29-23-27-13-17(11-25)22(30-23)18-14-28-32(15-18)21-5-4-16(12-26-2)10-20(21)24/h4-5,10,13-15,19,26H,3,6-9,12H2,1-2H3,(H,27,29,30). The van der Waals surface area contributed by atoms with Gasteiger partial charge in [0.25, 0.3) is 0 Å². The van der Waals surface area contributed by atoms with Crippen LogP contribution in [-0.2, 0) is 6.54 Å². The van der Waals surface area contributed by atoms with Gasteiger partial charge in [0.2, 0.25) is 5.95 Å². The molecule has 3 aromatic rings. The fourth-order valence-electron chi connectivity index (χ4n) is 3.87. The van der Waals surface area contributed by atoms with E-state index in [2.05, 4.69) is 43.0 Å². The molecule has 1 aliphatic heterocycles. The van der Waals surface area contributed by atoms with Crippen LogP contribution in [0.5, 0.6) is 0 Å². The van der Waals surface area contributed by atoms with Crippen LogP contribution in [0.2, 0.25) is 5.02 Å². The van der Waals surface area contributed by atoms with Crippen molar-refractivity contribution in [2.45, 2.75) is 32.4 Å². The summed E-state index contributed by atoms with van der Waals surface area (Å²) >= 11 is 8.38. The third-order valence-corrected chi connectivity index (χ3v) is 6.80. The summed E-state index contributed by atoms with van der Waals surface area (Å²) in [6.45, 7) is 5.00. The Morgan fingerprint density at radius 1 is 1.27 bits per heavy atom. The maximum Gasteiger partial charge on any atom is 0.223 e. The Bertz CT molecular complexity index is 1130. The molecule has 0 amide bonds. The van der Waals surface area contributed by atoms with Crippen LogP contribution in [0.4, 0.5) is 5.95 Å². The van der Waals surface area contributed by atoms with Gasteiger partial charge in [-0.3, -0.25) is 4.31 Å². The molecular weight excluding hydrogens is 456 g/mol. The van der Waals surface area contributed by atoms with Gasteiger partial charge in [-0.15, -0.1) is 0 Å². The van der Waals surface area contributed by atoms with Gasteiger partial charge in [-0.2, -0.15) is 10.4 Å². The first kappa shape index (κ1) is 23.5. The lowest BCUT2D eigenvalue weighted by molar-refractivity contribution is 0.358. The lowest BCUT2D eigenvalue weighted by atomic mass is 10.1. The molecule has 2 N–H and O–H groups in total. The second kappa shape index (κ2) is 11.0. The zero-order valence-electron chi connectivity index (χ0n) is 18.8. The van der Waals surface area contributed by atoms with Crippen molar-refractivity contribution in [3.8, 4) is 23.0 Å². The highest BCUT2D eigenvalue weighted by Gasteiger charge is 2.21. The second-order valence-corrected chi connectivity index (χ2v) is 9.58. The van der Waals surface area contributed by atoms with E-state index < -0.39 is 0 Å². The number of anilines is 1. The lowest BCUT2D eigenvalue weighted by Crippen LogP contribution is -2.36. The summed E-state index contributed by atoms with van der Waals surface area (Å²) < 4.78 is 4.12. The van der Waals surface area contributed by atoms with Crippen LogP contribution in [0.15, 0.2) is 36.8 Å². The van der Waals surface area contributed by atoms with Crippen molar-refractivity contribution in [2.24, 2.45) is 0 Å². The number of hydrogen-bond donors (Lipinski definition) is 2. The van der Waals surface area contributed by atoms with Gasteiger partial charge in [-0.25, -0.2) is 14.6 Å². The van der Waals surface area contributed by atoms with Crippen molar-refractivity contribution in [3.63, 3.8) is 0 Å². The molecule has 8 nitrogen and oxygen atoms in total. The van der Waals surface area contributed by atoms with E-state index in [-0.39, 0.29) is 0 Å². The van der Waals surface area contributed by atoms with Crippen molar-refractivity contribution < 1.29 is 0 Å². The van der Waals surface area contributed by atoms with Gasteiger partial charge in [0.1, 0.15) is 6.07 Å². The number of benzene rings is 1. The van der Waals surface area contributed by atoms with E-state index in [1.807, 2.05) is 43.4 Å². The van der Waals surface area contributed by atoms with Crippen molar-refractivity contribution >= 4 is 29.5 Å². The number of nitrogens with zero attached hydrogens (tertiary/aromatic N) is 6. The molecule has 1 aromatic carbocycles. The molecule has 3 heterocycles. The van der Waals surface area contributed by atoms with E-state index in [1.54, 1.807) is 17.1 Å². The van der Waals surface area contributed by atoms with E-state index in [0.717, 1.165) is 55.0 Å². The van der Waals surface area contributed by atoms with Gasteiger partial charge in [-0.05, 0) is 37.6 Å². The predicted octanol–water partition coefficient (Wildman–Crippen LogP) is 4.12. The van der Waals surface area contributed by atoms with Gasteiger partial charge in [0.15, 0.2) is 0 Å². The molecule has 0 saturated carbocycles. The summed E-state index contributed by atoms with van der Waals surface area (Å²) in [5, 5.41) is 21.2. The number of hydrogen-bond acceptors (Lipinski definition) is 8. The molecule has 0 bridgehead atoms. The third-order valence-electron chi connectivity index (χ3n) is 5.50. The van der Waals surface area contributed by atoms with Gasteiger partial charge in [0, 0.05) is 43.2 Å². The van der Waals surface area contributed by atoms with Crippen LogP contribution < -0.4 is 10.6 Å². The Labute approximate surface area is 203 Å². The minimum absolute atomic E-state index is 0.317. The Morgan fingerprint density at radius 3 is 2.79 bits per heavy atom. The molecule has 1 aliphatic rings. The fourth-order valence-corrected chi connectivity index (χ4v) is 5.00. The predicted molar refractivity (Wildman–Crippen MR) is 133 cm³/mol. The van der Waals surface area contributed by atoms with Crippen molar-refractivity contribution in [3.05, 3.63) is 52.9 Å². The molecule has 1 fully saturated rings. The molecule has 1 saturated heterocycles. The fraction of sp³-hybridized carbons (Fsp3) is 0.391. The first-order valence-corrected chi connectivity index (χ1v) is 12.3. The summed E-state index contributed by atoms with van der Waals surface area (Å²) in [6.07, 6.45) is 7.18. The molecule has 0 radical (unpaired) electrons. The molecule has 0 spiro atoms. The highest BCUT2D eigenvalue weighted by Crippen LogP contribution is 2.27. The largest absolute Gasteiger partial charge is 0.351 e. The van der Waals surface area contributed by atoms with Gasteiger partial charge < -0.3 is 10.6 Å². The van der Waals surface area contributed by atoms with E-state index in [4.69, 9.17) is 11.6 Å². The number of rotatable bonds is 8. The minimum atomic E-state index is 0.317. The van der Waals surface area contributed by atoms with Crippen molar-refractivity contribution in [1.82, 2.24) is 29.4 Å². The third kappa shape index (κ3) is 5.65. The van der Waals surface area contributed by atoms with E-state index in [1.165, 1.54) is 0 Å². The molecule has 0 unspecified atom stereocenters. The Balaban J connectivity index is 1.53. The lowest BCUT2D eigenvalue weighted by Gasteiger charge is -2.31. The van der Waals surface area contributed by atoms with Gasteiger partial charge in [-0.1, -0.05) is 36.5 Å². The quantitative estimate of drug-likeness (QED) is 0.463. The number of piperidine rings is 1. The van der Waals surface area contributed by atoms with Crippen LogP contribution in [0.25, 0.3) is 16.9 Å². The molecule has 33 heavy (non-hydrogen) atoms. The summed E-state index contributed by atoms with van der Waals surface area (Å²) in [4.78, 5) is 9.05. The SMILES string of the molecule is CCSN1CCC(Nc2ncc(C#N)c(-c3cnn(-c4ccc(CNC)cc4Cl)c3)n2)CC1.